The predicted molar refractivity (Wildman–Crippen MR) is 96.5 cm³/mol. The first kappa shape index (κ1) is 16.5. The van der Waals surface area contributed by atoms with E-state index in [1.807, 2.05) is 31.3 Å². The lowest BCUT2D eigenvalue weighted by atomic mass is 10.1. The molecule has 2 atom stereocenters. The van der Waals surface area contributed by atoms with Crippen molar-refractivity contribution in [3.05, 3.63) is 42.2 Å². The molecule has 0 aliphatic carbocycles. The van der Waals surface area contributed by atoms with E-state index >= 15 is 0 Å². The number of nitrogens with zero attached hydrogens (tertiary/aromatic N) is 3. The maximum Gasteiger partial charge on any atom is 0.134 e. The summed E-state index contributed by atoms with van der Waals surface area (Å²) < 4.78 is 0. The third-order valence-electron chi connectivity index (χ3n) is 4.61. The molecule has 2 unspecified atom stereocenters. The number of benzene rings is 1. The topological polar surface area (TPSA) is 73.3 Å². The quantitative estimate of drug-likeness (QED) is 0.757. The number of hydrogen-bond donors (Lipinski definition) is 3. The van der Waals surface area contributed by atoms with Crippen LogP contribution in [0, 0.1) is 0 Å². The Hall–Kier alpha value is -2.34. The molecular formula is C18H25N5O. The van der Waals surface area contributed by atoms with Gasteiger partial charge in [-0.25, -0.2) is 9.97 Å². The Balaban J connectivity index is 1.63. The van der Waals surface area contributed by atoms with Crippen molar-refractivity contribution in [1.29, 1.82) is 0 Å². The van der Waals surface area contributed by atoms with E-state index in [0.717, 1.165) is 36.7 Å². The van der Waals surface area contributed by atoms with Gasteiger partial charge in [-0.1, -0.05) is 12.1 Å². The Morgan fingerprint density at radius 1 is 1.33 bits per heavy atom. The maximum atomic E-state index is 9.63. The van der Waals surface area contributed by atoms with Crippen LogP contribution in [0.15, 0.2) is 36.7 Å². The molecule has 0 saturated carbocycles. The highest BCUT2D eigenvalue weighted by Crippen LogP contribution is 2.25. The van der Waals surface area contributed by atoms with Crippen LogP contribution in [0.1, 0.15) is 31.4 Å². The Morgan fingerprint density at radius 2 is 2.21 bits per heavy atom. The van der Waals surface area contributed by atoms with Crippen molar-refractivity contribution in [2.75, 3.05) is 30.4 Å². The number of hydrogen-bond acceptors (Lipinski definition) is 6. The molecule has 1 fully saturated rings. The van der Waals surface area contributed by atoms with E-state index in [0.29, 0.717) is 11.8 Å². The van der Waals surface area contributed by atoms with Crippen molar-refractivity contribution in [2.45, 2.75) is 31.8 Å². The van der Waals surface area contributed by atoms with Gasteiger partial charge in [-0.15, -0.1) is 0 Å². The zero-order valence-corrected chi connectivity index (χ0v) is 14.2. The highest BCUT2D eigenvalue weighted by molar-refractivity contribution is 5.49. The molecule has 1 saturated heterocycles. The van der Waals surface area contributed by atoms with Crippen LogP contribution in [0.3, 0.4) is 0 Å². The summed E-state index contributed by atoms with van der Waals surface area (Å²) in [6.45, 7) is 4.03. The standard InChI is InChI=1S/C18H25N5O/c1-13(14-5-3-7-16(24)9-14)20-11-15-6-4-8-23(15)18-10-17(19-2)21-12-22-18/h3,5,7,9-10,12-13,15,20,24H,4,6,8,11H2,1-2H3,(H,19,21,22). The Kier molecular flexibility index (Phi) is 5.15. The van der Waals surface area contributed by atoms with Crippen LogP contribution in [-0.2, 0) is 0 Å². The second-order valence-corrected chi connectivity index (χ2v) is 6.23. The average molecular weight is 327 g/mol. The fraction of sp³-hybridized carbons (Fsp3) is 0.444. The normalized spacial score (nSPS) is 18.6. The highest BCUT2D eigenvalue weighted by Gasteiger charge is 2.26. The number of aromatic nitrogens is 2. The van der Waals surface area contributed by atoms with Gasteiger partial charge >= 0.3 is 0 Å². The number of rotatable bonds is 6. The maximum absolute atomic E-state index is 9.63. The van der Waals surface area contributed by atoms with Gasteiger partial charge in [0.15, 0.2) is 0 Å². The molecule has 3 N–H and O–H groups in total. The number of nitrogens with one attached hydrogen (secondary N) is 2. The van der Waals surface area contributed by atoms with Crippen LogP contribution < -0.4 is 15.5 Å². The monoisotopic (exact) mass is 327 g/mol. The second kappa shape index (κ2) is 7.49. The minimum Gasteiger partial charge on any atom is -0.508 e. The first-order chi connectivity index (χ1) is 11.7. The van der Waals surface area contributed by atoms with Crippen LogP contribution in [0.25, 0.3) is 0 Å². The fourth-order valence-corrected chi connectivity index (χ4v) is 3.22. The lowest BCUT2D eigenvalue weighted by molar-refractivity contribution is 0.470. The van der Waals surface area contributed by atoms with Crippen molar-refractivity contribution >= 4 is 11.6 Å². The highest BCUT2D eigenvalue weighted by atomic mass is 16.3. The SMILES string of the molecule is CNc1cc(N2CCCC2CNC(C)c2cccc(O)c2)ncn1. The van der Waals surface area contributed by atoms with Gasteiger partial charge in [0.2, 0.25) is 0 Å². The molecule has 2 heterocycles. The first-order valence-corrected chi connectivity index (χ1v) is 8.46. The number of aromatic hydroxyl groups is 1. The minimum absolute atomic E-state index is 0.192. The van der Waals surface area contributed by atoms with Crippen molar-refractivity contribution in [1.82, 2.24) is 15.3 Å². The average Bonchev–Trinajstić information content (AvgIpc) is 3.08. The van der Waals surface area contributed by atoms with Crippen molar-refractivity contribution in [3.8, 4) is 5.75 Å². The fourth-order valence-electron chi connectivity index (χ4n) is 3.22. The lowest BCUT2D eigenvalue weighted by Gasteiger charge is -2.27. The molecule has 0 radical (unpaired) electrons. The molecule has 1 aromatic heterocycles. The van der Waals surface area contributed by atoms with Crippen molar-refractivity contribution in [2.24, 2.45) is 0 Å². The van der Waals surface area contributed by atoms with E-state index < -0.39 is 0 Å². The van der Waals surface area contributed by atoms with Gasteiger partial charge in [-0.3, -0.25) is 0 Å². The molecule has 0 spiro atoms. The summed E-state index contributed by atoms with van der Waals surface area (Å²) in [5.41, 5.74) is 1.10. The molecule has 6 heteroatoms. The first-order valence-electron chi connectivity index (χ1n) is 8.46. The Labute approximate surface area is 142 Å². The molecule has 1 aliphatic rings. The molecule has 6 nitrogen and oxygen atoms in total. The van der Waals surface area contributed by atoms with E-state index in [1.54, 1.807) is 12.4 Å². The van der Waals surface area contributed by atoms with Crippen LogP contribution in [0.4, 0.5) is 11.6 Å². The largest absolute Gasteiger partial charge is 0.508 e. The van der Waals surface area contributed by atoms with E-state index in [4.69, 9.17) is 0 Å². The molecule has 0 amide bonds. The summed E-state index contributed by atoms with van der Waals surface area (Å²) in [6, 6.07) is 10.0. The summed E-state index contributed by atoms with van der Waals surface area (Å²) in [6.07, 6.45) is 3.93. The molecule has 0 bridgehead atoms. The zero-order chi connectivity index (χ0) is 16.9. The number of phenols is 1. The van der Waals surface area contributed by atoms with Gasteiger partial charge in [-0.2, -0.15) is 0 Å². The molecule has 2 aromatic rings. The van der Waals surface area contributed by atoms with Crippen LogP contribution >= 0.6 is 0 Å². The van der Waals surface area contributed by atoms with E-state index in [9.17, 15) is 5.11 Å². The van der Waals surface area contributed by atoms with E-state index in [1.165, 1.54) is 6.42 Å². The molecule has 1 aromatic carbocycles. The van der Waals surface area contributed by atoms with Gasteiger partial charge in [0.05, 0.1) is 0 Å². The number of anilines is 2. The van der Waals surface area contributed by atoms with Crippen molar-refractivity contribution in [3.63, 3.8) is 0 Å². The summed E-state index contributed by atoms with van der Waals surface area (Å²) in [5.74, 6) is 2.12. The van der Waals surface area contributed by atoms with Crippen LogP contribution in [-0.4, -0.2) is 41.3 Å². The van der Waals surface area contributed by atoms with Gasteiger partial charge in [0, 0.05) is 38.3 Å². The molecule has 128 valence electrons. The summed E-state index contributed by atoms with van der Waals surface area (Å²) in [7, 11) is 1.87. The number of phenolic OH excluding ortho intramolecular Hbond substituents is 1. The predicted octanol–water partition coefficient (Wildman–Crippen LogP) is 2.54. The molecule has 1 aliphatic heterocycles. The van der Waals surface area contributed by atoms with Gasteiger partial charge < -0.3 is 20.6 Å². The molecule has 24 heavy (non-hydrogen) atoms. The van der Waals surface area contributed by atoms with Gasteiger partial charge in [-0.05, 0) is 37.5 Å². The third kappa shape index (κ3) is 3.76. The Bertz CT molecular complexity index is 678. The van der Waals surface area contributed by atoms with Gasteiger partial charge in [0.1, 0.15) is 23.7 Å². The lowest BCUT2D eigenvalue weighted by Crippen LogP contribution is -2.39. The summed E-state index contributed by atoms with van der Waals surface area (Å²) in [4.78, 5) is 11.0. The third-order valence-corrected chi connectivity index (χ3v) is 4.61. The van der Waals surface area contributed by atoms with Crippen LogP contribution in [0.2, 0.25) is 0 Å². The van der Waals surface area contributed by atoms with Crippen LogP contribution in [0.5, 0.6) is 5.75 Å². The van der Waals surface area contributed by atoms with Gasteiger partial charge in [0.25, 0.3) is 0 Å². The minimum atomic E-state index is 0.192. The zero-order valence-electron chi connectivity index (χ0n) is 14.2. The smallest absolute Gasteiger partial charge is 0.134 e. The molecular weight excluding hydrogens is 302 g/mol. The summed E-state index contributed by atoms with van der Waals surface area (Å²) >= 11 is 0. The Morgan fingerprint density at radius 3 is 3.00 bits per heavy atom. The summed E-state index contributed by atoms with van der Waals surface area (Å²) in [5, 5.41) is 16.3. The molecule has 3 rings (SSSR count). The van der Waals surface area contributed by atoms with E-state index in [-0.39, 0.29) is 6.04 Å². The van der Waals surface area contributed by atoms with E-state index in [2.05, 4.69) is 32.4 Å². The van der Waals surface area contributed by atoms with Crippen molar-refractivity contribution < 1.29 is 5.11 Å². The second-order valence-electron chi connectivity index (χ2n) is 6.23.